The van der Waals surface area contributed by atoms with Crippen LogP contribution < -0.4 is 0 Å². The van der Waals surface area contributed by atoms with Gasteiger partial charge in [-0.05, 0) is 77.0 Å². The van der Waals surface area contributed by atoms with E-state index in [1.807, 2.05) is 0 Å². The van der Waals surface area contributed by atoms with Gasteiger partial charge in [0.15, 0.2) is 6.10 Å². The van der Waals surface area contributed by atoms with Crippen LogP contribution in [-0.2, 0) is 19.1 Å². The normalized spacial score (nSPS) is 12.8. The molecule has 0 radical (unpaired) electrons. The minimum absolute atomic E-state index is 0.0804. The van der Waals surface area contributed by atoms with E-state index in [-0.39, 0.29) is 25.2 Å². The number of aliphatic hydroxyl groups excluding tert-OH is 1. The molecule has 1 atom stereocenters. The van der Waals surface area contributed by atoms with Gasteiger partial charge in [0.05, 0.1) is 6.61 Å². The topological polar surface area (TPSA) is 72.8 Å². The molecule has 0 aliphatic heterocycles. The van der Waals surface area contributed by atoms with Crippen molar-refractivity contribution in [1.82, 2.24) is 0 Å². The fraction of sp³-hybridized carbons (Fsp3) is 0.707. The van der Waals surface area contributed by atoms with Crippen molar-refractivity contribution < 1.29 is 24.2 Å². The van der Waals surface area contributed by atoms with E-state index in [0.29, 0.717) is 12.8 Å². The average Bonchev–Trinajstić information content (AvgIpc) is 3.06. The molecule has 0 aromatic heterocycles. The van der Waals surface area contributed by atoms with Gasteiger partial charge in [-0.2, -0.15) is 0 Å². The summed E-state index contributed by atoms with van der Waals surface area (Å²) in [5.41, 5.74) is 0. The van der Waals surface area contributed by atoms with E-state index in [0.717, 1.165) is 83.5 Å². The van der Waals surface area contributed by atoms with Crippen LogP contribution in [0.15, 0.2) is 60.8 Å². The summed E-state index contributed by atoms with van der Waals surface area (Å²) in [7, 11) is 0. The van der Waals surface area contributed by atoms with Gasteiger partial charge in [0.25, 0.3) is 0 Å². The summed E-state index contributed by atoms with van der Waals surface area (Å²) < 4.78 is 10.6. The number of rotatable bonds is 33. The molecule has 46 heavy (non-hydrogen) atoms. The first kappa shape index (κ1) is 43.6. The lowest BCUT2D eigenvalue weighted by Gasteiger charge is -2.15. The van der Waals surface area contributed by atoms with Crippen molar-refractivity contribution in [2.75, 3.05) is 13.2 Å². The number of ether oxygens (including phenoxy) is 2. The molecule has 0 rings (SSSR count). The number of unbranched alkanes of at least 4 members (excludes halogenated alkanes) is 15. The predicted molar refractivity (Wildman–Crippen MR) is 196 cm³/mol. The molecule has 5 heteroatoms. The van der Waals surface area contributed by atoms with Gasteiger partial charge < -0.3 is 14.6 Å². The molecule has 0 amide bonds. The smallest absolute Gasteiger partial charge is 0.306 e. The van der Waals surface area contributed by atoms with Crippen LogP contribution in [0.1, 0.15) is 168 Å². The van der Waals surface area contributed by atoms with Crippen molar-refractivity contribution in [3.8, 4) is 0 Å². The molecule has 0 heterocycles. The Hall–Kier alpha value is -2.40. The third-order valence-electron chi connectivity index (χ3n) is 7.80. The lowest BCUT2D eigenvalue weighted by atomic mass is 10.1. The first-order valence-corrected chi connectivity index (χ1v) is 18.8. The van der Waals surface area contributed by atoms with Gasteiger partial charge >= 0.3 is 11.9 Å². The molecule has 0 aromatic carbocycles. The number of hydrogen-bond donors (Lipinski definition) is 1. The van der Waals surface area contributed by atoms with Crippen LogP contribution in [-0.4, -0.2) is 36.4 Å². The van der Waals surface area contributed by atoms with Crippen molar-refractivity contribution in [1.29, 1.82) is 0 Å². The minimum Gasteiger partial charge on any atom is -0.462 e. The number of carbonyl (C=O) groups is 2. The van der Waals surface area contributed by atoms with E-state index in [9.17, 15) is 14.7 Å². The lowest BCUT2D eigenvalue weighted by Crippen LogP contribution is -2.28. The zero-order chi connectivity index (χ0) is 33.6. The molecular weight excluding hydrogens is 572 g/mol. The molecule has 0 aliphatic rings. The molecule has 0 saturated carbocycles. The maximum atomic E-state index is 12.2. The molecule has 5 nitrogen and oxygen atoms in total. The van der Waals surface area contributed by atoms with E-state index in [1.165, 1.54) is 57.8 Å². The Labute approximate surface area is 283 Å². The molecule has 0 spiro atoms. The summed E-state index contributed by atoms with van der Waals surface area (Å²) in [5, 5.41) is 9.54. The fourth-order valence-corrected chi connectivity index (χ4v) is 4.95. The summed E-state index contributed by atoms with van der Waals surface area (Å²) in [6.45, 7) is 3.96. The Bertz CT molecular complexity index is 823. The Morgan fingerprint density at radius 2 is 0.935 bits per heavy atom. The van der Waals surface area contributed by atoms with Crippen LogP contribution >= 0.6 is 0 Å². The number of carbonyl (C=O) groups excluding carboxylic acids is 2. The van der Waals surface area contributed by atoms with Crippen LogP contribution in [0.25, 0.3) is 0 Å². The standard InChI is InChI=1S/C41H70O5/c1-3-5-7-9-11-13-15-17-19-20-22-24-26-28-30-32-34-36-41(44)46-39(37-42)38-45-40(43)35-33-31-29-27-25-23-21-18-16-14-12-10-8-6-4-2/h6,8,11-14,17-19,21,39,42H,3-5,7,9-10,15-16,20,22-38H2,1-2H3. The van der Waals surface area contributed by atoms with Gasteiger partial charge in [0.1, 0.15) is 6.61 Å². The van der Waals surface area contributed by atoms with E-state index in [1.54, 1.807) is 0 Å². The average molecular weight is 643 g/mol. The SMILES string of the molecule is CCC=CCC=CCC=CCCCCCCCC(=O)OCC(CO)OC(=O)CCCCCCCCCC=CCC=CCCCCC. The van der Waals surface area contributed by atoms with Crippen LogP contribution in [0.4, 0.5) is 0 Å². The van der Waals surface area contributed by atoms with Crippen molar-refractivity contribution in [2.24, 2.45) is 0 Å². The highest BCUT2D eigenvalue weighted by atomic mass is 16.6. The molecular formula is C41H70O5. The molecule has 0 saturated heterocycles. The monoisotopic (exact) mass is 643 g/mol. The first-order chi connectivity index (χ1) is 22.6. The molecule has 0 aliphatic carbocycles. The van der Waals surface area contributed by atoms with Gasteiger partial charge in [0, 0.05) is 12.8 Å². The molecule has 264 valence electrons. The number of esters is 2. The zero-order valence-electron chi connectivity index (χ0n) is 29.8. The van der Waals surface area contributed by atoms with Gasteiger partial charge in [-0.3, -0.25) is 9.59 Å². The predicted octanol–water partition coefficient (Wildman–Crippen LogP) is 11.6. The molecule has 0 fully saturated rings. The largest absolute Gasteiger partial charge is 0.462 e. The highest BCUT2D eigenvalue weighted by Gasteiger charge is 2.16. The quantitative estimate of drug-likeness (QED) is 0.0438. The van der Waals surface area contributed by atoms with Crippen molar-refractivity contribution in [3.05, 3.63) is 60.8 Å². The van der Waals surface area contributed by atoms with Crippen molar-refractivity contribution >= 4 is 11.9 Å². The first-order valence-electron chi connectivity index (χ1n) is 18.8. The molecule has 1 N–H and O–H groups in total. The van der Waals surface area contributed by atoms with Crippen molar-refractivity contribution in [2.45, 2.75) is 174 Å². The third-order valence-corrected chi connectivity index (χ3v) is 7.80. The van der Waals surface area contributed by atoms with Crippen LogP contribution in [0.3, 0.4) is 0 Å². The maximum Gasteiger partial charge on any atom is 0.306 e. The second kappa shape index (κ2) is 37.1. The zero-order valence-corrected chi connectivity index (χ0v) is 29.8. The highest BCUT2D eigenvalue weighted by Crippen LogP contribution is 2.12. The van der Waals surface area contributed by atoms with E-state index < -0.39 is 6.10 Å². The second-order valence-electron chi connectivity index (χ2n) is 12.3. The molecule has 0 bridgehead atoms. The van der Waals surface area contributed by atoms with Gasteiger partial charge in [-0.1, -0.05) is 139 Å². The lowest BCUT2D eigenvalue weighted by molar-refractivity contribution is -0.161. The van der Waals surface area contributed by atoms with Crippen LogP contribution in [0.2, 0.25) is 0 Å². The molecule has 1 unspecified atom stereocenters. The highest BCUT2D eigenvalue weighted by molar-refractivity contribution is 5.70. The van der Waals surface area contributed by atoms with Gasteiger partial charge in [0.2, 0.25) is 0 Å². The van der Waals surface area contributed by atoms with Crippen molar-refractivity contribution in [3.63, 3.8) is 0 Å². The van der Waals surface area contributed by atoms with E-state index in [2.05, 4.69) is 74.6 Å². The summed E-state index contributed by atoms with van der Waals surface area (Å²) >= 11 is 0. The number of hydrogen-bond acceptors (Lipinski definition) is 5. The Morgan fingerprint density at radius 3 is 1.41 bits per heavy atom. The fourth-order valence-electron chi connectivity index (χ4n) is 4.95. The summed E-state index contributed by atoms with van der Waals surface area (Å²) in [4.78, 5) is 24.2. The van der Waals surface area contributed by atoms with E-state index in [4.69, 9.17) is 9.47 Å². The van der Waals surface area contributed by atoms with Crippen LogP contribution in [0.5, 0.6) is 0 Å². The van der Waals surface area contributed by atoms with Gasteiger partial charge in [-0.15, -0.1) is 0 Å². The number of aliphatic hydroxyl groups is 1. The minimum atomic E-state index is -0.784. The summed E-state index contributed by atoms with van der Waals surface area (Å²) in [6.07, 6.45) is 47.0. The number of allylic oxidation sites excluding steroid dienone is 10. The summed E-state index contributed by atoms with van der Waals surface area (Å²) in [5.74, 6) is -0.624. The molecule has 0 aromatic rings. The Balaban J connectivity index is 3.62. The Morgan fingerprint density at radius 1 is 0.522 bits per heavy atom. The van der Waals surface area contributed by atoms with Gasteiger partial charge in [-0.25, -0.2) is 0 Å². The Kier molecular flexibility index (Phi) is 35.1. The van der Waals surface area contributed by atoms with Crippen LogP contribution in [0, 0.1) is 0 Å². The summed E-state index contributed by atoms with van der Waals surface area (Å²) in [6, 6.07) is 0. The maximum absolute atomic E-state index is 12.2. The second-order valence-corrected chi connectivity index (χ2v) is 12.3. The van der Waals surface area contributed by atoms with E-state index >= 15 is 0 Å². The third kappa shape index (κ3) is 34.5.